The maximum absolute atomic E-state index is 4.79. The minimum absolute atomic E-state index is 0.576. The Labute approximate surface area is 194 Å². The summed E-state index contributed by atoms with van der Waals surface area (Å²) < 4.78 is 5.11. The number of rotatable bonds is 6. The van der Waals surface area contributed by atoms with Crippen LogP contribution in [0, 0.1) is 11.8 Å². The fraction of sp³-hybridized carbons (Fsp3) is 0.276. The van der Waals surface area contributed by atoms with E-state index in [0.717, 1.165) is 24.2 Å². The van der Waals surface area contributed by atoms with E-state index in [1.54, 1.807) is 0 Å². The van der Waals surface area contributed by atoms with Crippen molar-refractivity contribution in [3.63, 3.8) is 0 Å². The van der Waals surface area contributed by atoms with E-state index < -0.39 is 0 Å². The van der Waals surface area contributed by atoms with Gasteiger partial charge in [-0.1, -0.05) is 82.3 Å². The van der Waals surface area contributed by atoms with E-state index in [4.69, 9.17) is 4.98 Å². The lowest BCUT2D eigenvalue weighted by molar-refractivity contribution is 0.637. The Hall–Kier alpha value is -2.91. The van der Waals surface area contributed by atoms with E-state index in [-0.39, 0.29) is 0 Å². The van der Waals surface area contributed by atoms with Crippen LogP contribution in [0.25, 0.3) is 37.2 Å². The van der Waals surface area contributed by atoms with Crippen molar-refractivity contribution >= 4 is 31.5 Å². The molecule has 0 fully saturated rings. The third kappa shape index (κ3) is 3.75. The second kappa shape index (κ2) is 8.55. The van der Waals surface area contributed by atoms with Crippen LogP contribution in [0.3, 0.4) is 0 Å². The first-order valence-electron chi connectivity index (χ1n) is 11.6. The van der Waals surface area contributed by atoms with Gasteiger partial charge in [-0.25, -0.2) is 4.98 Å². The first-order chi connectivity index (χ1) is 15.5. The Morgan fingerprint density at radius 3 is 2.28 bits per heavy atom. The van der Waals surface area contributed by atoms with Gasteiger partial charge in [-0.2, -0.15) is 0 Å². The normalized spacial score (nSPS) is 11.9. The number of imidazole rings is 1. The van der Waals surface area contributed by atoms with Crippen molar-refractivity contribution in [2.45, 2.75) is 40.5 Å². The van der Waals surface area contributed by atoms with Crippen LogP contribution >= 0.6 is 11.3 Å². The van der Waals surface area contributed by atoms with Crippen LogP contribution in [0.2, 0.25) is 0 Å². The van der Waals surface area contributed by atoms with Crippen LogP contribution < -0.4 is 0 Å². The molecule has 0 N–H and O–H groups in total. The van der Waals surface area contributed by atoms with Gasteiger partial charge in [-0.15, -0.1) is 11.3 Å². The van der Waals surface area contributed by atoms with E-state index in [1.807, 2.05) is 17.5 Å². The van der Waals surface area contributed by atoms with Gasteiger partial charge in [-0.3, -0.25) is 4.57 Å². The van der Waals surface area contributed by atoms with Gasteiger partial charge < -0.3 is 0 Å². The van der Waals surface area contributed by atoms with Crippen molar-refractivity contribution in [2.75, 3.05) is 0 Å². The predicted molar refractivity (Wildman–Crippen MR) is 139 cm³/mol. The molecule has 162 valence electrons. The summed E-state index contributed by atoms with van der Waals surface area (Å²) in [6, 6.07) is 21.9. The minimum Gasteiger partial charge on any atom is -0.299 e. The molecular weight excluding hydrogens is 408 g/mol. The molecule has 5 aromatic rings. The largest absolute Gasteiger partial charge is 0.299 e. The highest BCUT2D eigenvalue weighted by atomic mass is 32.1. The summed E-state index contributed by atoms with van der Waals surface area (Å²) in [5.41, 5.74) is 5.35. The van der Waals surface area contributed by atoms with Crippen molar-refractivity contribution in [3.8, 4) is 17.1 Å². The molecular formula is C29H30N2S. The Bertz CT molecular complexity index is 1370. The topological polar surface area (TPSA) is 17.8 Å². The average molecular weight is 439 g/mol. The summed E-state index contributed by atoms with van der Waals surface area (Å²) in [6.45, 7) is 9.26. The summed E-state index contributed by atoms with van der Waals surface area (Å²) >= 11 is 1.94. The summed E-state index contributed by atoms with van der Waals surface area (Å²) in [6.07, 6.45) is 6.22. The Morgan fingerprint density at radius 2 is 1.53 bits per heavy atom. The van der Waals surface area contributed by atoms with Crippen LogP contribution in [0.1, 0.15) is 38.8 Å². The molecule has 0 saturated carbocycles. The van der Waals surface area contributed by atoms with Gasteiger partial charge in [0.15, 0.2) is 0 Å². The fourth-order valence-corrected chi connectivity index (χ4v) is 5.99. The molecule has 5 rings (SSSR count). The molecule has 0 spiro atoms. The molecule has 0 aliphatic carbocycles. The molecule has 0 aliphatic rings. The molecule has 2 aromatic heterocycles. The van der Waals surface area contributed by atoms with Crippen molar-refractivity contribution in [1.29, 1.82) is 0 Å². The number of benzene rings is 3. The van der Waals surface area contributed by atoms with Gasteiger partial charge in [0, 0.05) is 38.1 Å². The zero-order chi connectivity index (χ0) is 22.2. The summed E-state index contributed by atoms with van der Waals surface area (Å²) in [4.78, 5) is 4.79. The van der Waals surface area contributed by atoms with E-state index in [1.165, 1.54) is 37.0 Å². The highest BCUT2D eigenvalue weighted by Gasteiger charge is 2.21. The molecule has 3 aromatic carbocycles. The number of hydrogen-bond donors (Lipinski definition) is 0. The number of fused-ring (bicyclic) bond motifs is 3. The lowest BCUT2D eigenvalue weighted by Crippen LogP contribution is -2.07. The third-order valence-corrected chi connectivity index (χ3v) is 7.19. The van der Waals surface area contributed by atoms with Crippen molar-refractivity contribution in [3.05, 3.63) is 84.2 Å². The second-order valence-electron chi connectivity index (χ2n) is 9.53. The van der Waals surface area contributed by atoms with Gasteiger partial charge in [0.05, 0.1) is 5.69 Å². The van der Waals surface area contributed by atoms with Gasteiger partial charge in [0.25, 0.3) is 0 Å². The van der Waals surface area contributed by atoms with Crippen LogP contribution in [-0.4, -0.2) is 9.55 Å². The van der Waals surface area contributed by atoms with Crippen molar-refractivity contribution < 1.29 is 0 Å². The van der Waals surface area contributed by atoms with Gasteiger partial charge in [0.2, 0.25) is 0 Å². The molecule has 0 amide bonds. The quantitative estimate of drug-likeness (QED) is 0.261. The maximum Gasteiger partial charge on any atom is 0.144 e. The minimum atomic E-state index is 0.576. The molecule has 0 aliphatic heterocycles. The summed E-state index contributed by atoms with van der Waals surface area (Å²) in [5, 5.41) is 2.74. The average Bonchev–Trinajstić information content (AvgIpc) is 3.39. The van der Waals surface area contributed by atoms with Gasteiger partial charge in [-0.05, 0) is 41.9 Å². The van der Waals surface area contributed by atoms with E-state index in [2.05, 4.69) is 99.1 Å². The number of nitrogens with zero attached hydrogens (tertiary/aromatic N) is 2. The summed E-state index contributed by atoms with van der Waals surface area (Å²) in [5.74, 6) is 2.20. The van der Waals surface area contributed by atoms with E-state index >= 15 is 0 Å². The van der Waals surface area contributed by atoms with E-state index in [9.17, 15) is 0 Å². The Morgan fingerprint density at radius 1 is 0.844 bits per heavy atom. The highest BCUT2D eigenvalue weighted by molar-refractivity contribution is 7.26. The zero-order valence-corrected chi connectivity index (χ0v) is 20.1. The predicted octanol–water partition coefficient (Wildman–Crippen LogP) is 8.30. The second-order valence-corrected chi connectivity index (χ2v) is 10.6. The van der Waals surface area contributed by atoms with Crippen LogP contribution in [-0.2, 0) is 12.8 Å². The Kier molecular flexibility index (Phi) is 5.60. The number of aromatic nitrogens is 2. The molecule has 2 nitrogen and oxygen atoms in total. The SMILES string of the molecule is CC(C)Cc1cc(CC(C)C)c2sc3ccccc3c2c1-n1ccnc1-c1ccccc1. The molecule has 0 bridgehead atoms. The molecule has 2 heterocycles. The fourth-order valence-electron chi connectivity index (χ4n) is 4.76. The number of thiophene rings is 1. The highest BCUT2D eigenvalue weighted by Crippen LogP contribution is 2.43. The summed E-state index contributed by atoms with van der Waals surface area (Å²) in [7, 11) is 0. The smallest absolute Gasteiger partial charge is 0.144 e. The lowest BCUT2D eigenvalue weighted by Gasteiger charge is -2.19. The lowest BCUT2D eigenvalue weighted by atomic mass is 9.92. The molecule has 0 radical (unpaired) electrons. The van der Waals surface area contributed by atoms with E-state index in [0.29, 0.717) is 11.8 Å². The first-order valence-corrected chi connectivity index (χ1v) is 12.4. The standard InChI is InChI=1S/C29H30N2S/c1-19(2)16-22-18-23(17-20(3)4)28-26(24-12-8-9-13-25(24)32-28)27(22)31-15-14-30-29(31)21-10-6-5-7-11-21/h5-15,18-20H,16-17H2,1-4H3. The monoisotopic (exact) mass is 438 g/mol. The molecule has 32 heavy (non-hydrogen) atoms. The van der Waals surface area contributed by atoms with Crippen LogP contribution in [0.5, 0.6) is 0 Å². The molecule has 3 heteroatoms. The first kappa shape index (κ1) is 21.0. The third-order valence-electron chi connectivity index (χ3n) is 5.95. The molecule has 0 saturated heterocycles. The van der Waals surface area contributed by atoms with Crippen LogP contribution in [0.15, 0.2) is 73.1 Å². The van der Waals surface area contributed by atoms with Crippen LogP contribution in [0.4, 0.5) is 0 Å². The zero-order valence-electron chi connectivity index (χ0n) is 19.3. The number of hydrogen-bond acceptors (Lipinski definition) is 2. The molecule has 0 unspecified atom stereocenters. The van der Waals surface area contributed by atoms with Gasteiger partial charge >= 0.3 is 0 Å². The Balaban J connectivity index is 1.89. The maximum atomic E-state index is 4.79. The molecule has 0 atom stereocenters. The van der Waals surface area contributed by atoms with Crippen molar-refractivity contribution in [1.82, 2.24) is 9.55 Å². The van der Waals surface area contributed by atoms with Gasteiger partial charge in [0.1, 0.15) is 5.82 Å². The van der Waals surface area contributed by atoms with Crippen molar-refractivity contribution in [2.24, 2.45) is 11.8 Å².